The number of halogens is 4. The van der Waals surface area contributed by atoms with Crippen LogP contribution >= 0.6 is 15.9 Å². The second kappa shape index (κ2) is 5.92. The maximum atomic E-state index is 13.5. The second-order valence-electron chi connectivity index (χ2n) is 4.14. The van der Waals surface area contributed by atoms with Crippen molar-refractivity contribution >= 4 is 21.8 Å². The molecule has 1 amide bonds. The van der Waals surface area contributed by atoms with Gasteiger partial charge in [0, 0.05) is 30.6 Å². The van der Waals surface area contributed by atoms with Crippen LogP contribution in [0, 0.1) is 17.5 Å². The van der Waals surface area contributed by atoms with Gasteiger partial charge in [-0.3, -0.25) is 4.79 Å². The van der Waals surface area contributed by atoms with E-state index in [1.807, 2.05) is 0 Å². The van der Waals surface area contributed by atoms with E-state index in [2.05, 4.69) is 15.9 Å². The fourth-order valence-electron chi connectivity index (χ4n) is 1.90. The summed E-state index contributed by atoms with van der Waals surface area (Å²) in [6.07, 6.45) is -0.218. The van der Waals surface area contributed by atoms with E-state index < -0.39 is 28.9 Å². The van der Waals surface area contributed by atoms with E-state index in [-0.39, 0.29) is 19.2 Å². The second-order valence-corrected chi connectivity index (χ2v) is 4.79. The minimum Gasteiger partial charge on any atom is -0.374 e. The van der Waals surface area contributed by atoms with Gasteiger partial charge >= 0.3 is 0 Å². The van der Waals surface area contributed by atoms with Gasteiger partial charge in [0.2, 0.25) is 0 Å². The number of amides is 1. The highest BCUT2D eigenvalue weighted by Crippen LogP contribution is 2.19. The number of nitrogens with zero attached hydrogens (tertiary/aromatic N) is 1. The zero-order valence-electron chi connectivity index (χ0n) is 9.84. The van der Waals surface area contributed by atoms with Crippen LogP contribution in [0.4, 0.5) is 13.2 Å². The highest BCUT2D eigenvalue weighted by molar-refractivity contribution is 9.09. The first-order chi connectivity index (χ1) is 9.02. The maximum Gasteiger partial charge on any atom is 0.260 e. The largest absolute Gasteiger partial charge is 0.374 e. The highest BCUT2D eigenvalue weighted by atomic mass is 79.9. The molecule has 1 saturated heterocycles. The molecule has 0 bridgehead atoms. The first kappa shape index (κ1) is 14.3. The molecule has 1 aromatic rings. The van der Waals surface area contributed by atoms with Crippen molar-refractivity contribution in [3.05, 3.63) is 35.1 Å². The number of benzene rings is 1. The molecule has 1 unspecified atom stereocenters. The fraction of sp³-hybridized carbons (Fsp3) is 0.417. The fourth-order valence-corrected chi connectivity index (χ4v) is 2.29. The Kier molecular flexibility index (Phi) is 4.46. The molecule has 1 aromatic carbocycles. The molecule has 1 heterocycles. The number of hydrogen-bond donors (Lipinski definition) is 0. The molecular weight excluding hydrogens is 327 g/mol. The summed E-state index contributed by atoms with van der Waals surface area (Å²) in [4.78, 5) is 13.4. The van der Waals surface area contributed by atoms with Crippen LogP contribution in [0.1, 0.15) is 10.4 Å². The van der Waals surface area contributed by atoms with Gasteiger partial charge in [0.25, 0.3) is 5.91 Å². The molecule has 2 rings (SSSR count). The van der Waals surface area contributed by atoms with Gasteiger partial charge in [-0.05, 0) is 0 Å². The quantitative estimate of drug-likeness (QED) is 0.775. The molecule has 0 aliphatic carbocycles. The van der Waals surface area contributed by atoms with Crippen LogP contribution in [-0.2, 0) is 4.74 Å². The Morgan fingerprint density at radius 2 is 2.00 bits per heavy atom. The molecule has 1 aliphatic heterocycles. The molecule has 3 nitrogen and oxygen atoms in total. The van der Waals surface area contributed by atoms with Gasteiger partial charge in [0.05, 0.1) is 12.7 Å². The SMILES string of the molecule is O=C(c1c(F)cc(F)cc1F)N1CCOC(CBr)C1. The van der Waals surface area contributed by atoms with Crippen LogP contribution in [0.3, 0.4) is 0 Å². The van der Waals surface area contributed by atoms with Crippen molar-refractivity contribution in [2.75, 3.05) is 25.0 Å². The molecule has 0 aromatic heterocycles. The van der Waals surface area contributed by atoms with Crippen molar-refractivity contribution in [2.24, 2.45) is 0 Å². The lowest BCUT2D eigenvalue weighted by atomic mass is 10.1. The minimum absolute atomic E-state index is 0.218. The van der Waals surface area contributed by atoms with Crippen LogP contribution < -0.4 is 0 Å². The summed E-state index contributed by atoms with van der Waals surface area (Å²) in [5.74, 6) is -4.22. The smallest absolute Gasteiger partial charge is 0.260 e. The molecule has 19 heavy (non-hydrogen) atoms. The normalized spacial score (nSPS) is 19.6. The monoisotopic (exact) mass is 337 g/mol. The van der Waals surface area contributed by atoms with Crippen molar-refractivity contribution in [1.82, 2.24) is 4.90 Å². The third kappa shape index (κ3) is 3.09. The van der Waals surface area contributed by atoms with E-state index in [4.69, 9.17) is 4.74 Å². The topological polar surface area (TPSA) is 29.5 Å². The van der Waals surface area contributed by atoms with Crippen molar-refractivity contribution < 1.29 is 22.7 Å². The third-order valence-corrected chi connectivity index (χ3v) is 3.54. The van der Waals surface area contributed by atoms with E-state index in [9.17, 15) is 18.0 Å². The highest BCUT2D eigenvalue weighted by Gasteiger charge is 2.28. The predicted molar refractivity (Wildman–Crippen MR) is 65.8 cm³/mol. The van der Waals surface area contributed by atoms with E-state index in [1.165, 1.54) is 4.90 Å². The van der Waals surface area contributed by atoms with Gasteiger partial charge in [-0.15, -0.1) is 0 Å². The Bertz CT molecular complexity index is 475. The van der Waals surface area contributed by atoms with E-state index in [1.54, 1.807) is 0 Å². The molecule has 0 radical (unpaired) electrons. The predicted octanol–water partition coefficient (Wildman–Crippen LogP) is 2.34. The van der Waals surface area contributed by atoms with Gasteiger partial charge in [0.1, 0.15) is 23.0 Å². The Morgan fingerprint density at radius 1 is 1.37 bits per heavy atom. The molecule has 1 atom stereocenters. The van der Waals surface area contributed by atoms with Crippen molar-refractivity contribution in [3.63, 3.8) is 0 Å². The van der Waals surface area contributed by atoms with Crippen LogP contribution in [0.25, 0.3) is 0 Å². The van der Waals surface area contributed by atoms with E-state index in [0.29, 0.717) is 24.1 Å². The number of hydrogen-bond acceptors (Lipinski definition) is 2. The Morgan fingerprint density at radius 3 is 2.58 bits per heavy atom. The summed E-state index contributed by atoms with van der Waals surface area (Å²) in [5, 5.41) is 0.519. The number of alkyl halides is 1. The zero-order chi connectivity index (χ0) is 14.0. The molecule has 0 spiro atoms. The van der Waals surface area contributed by atoms with Crippen LogP contribution in [0.15, 0.2) is 12.1 Å². The molecule has 7 heteroatoms. The van der Waals surface area contributed by atoms with Gasteiger partial charge in [-0.2, -0.15) is 0 Å². The Hall–Kier alpha value is -1.08. The molecule has 1 aliphatic rings. The number of carbonyl (C=O) groups excluding carboxylic acids is 1. The van der Waals surface area contributed by atoms with Crippen molar-refractivity contribution in [2.45, 2.75) is 6.10 Å². The van der Waals surface area contributed by atoms with Gasteiger partial charge in [-0.1, -0.05) is 15.9 Å². The lowest BCUT2D eigenvalue weighted by molar-refractivity contribution is -0.0100. The lowest BCUT2D eigenvalue weighted by Crippen LogP contribution is -2.46. The average Bonchev–Trinajstić information content (AvgIpc) is 2.37. The van der Waals surface area contributed by atoms with Gasteiger partial charge in [0.15, 0.2) is 0 Å². The summed E-state index contributed by atoms with van der Waals surface area (Å²) >= 11 is 3.22. The van der Waals surface area contributed by atoms with Crippen LogP contribution in [0.5, 0.6) is 0 Å². The van der Waals surface area contributed by atoms with Crippen LogP contribution in [0.2, 0.25) is 0 Å². The summed E-state index contributed by atoms with van der Waals surface area (Å²) in [5.41, 5.74) is -0.725. The number of rotatable bonds is 2. The summed E-state index contributed by atoms with van der Waals surface area (Å²) < 4.78 is 45.2. The summed E-state index contributed by atoms with van der Waals surface area (Å²) in [6, 6.07) is 0.997. The first-order valence-electron chi connectivity index (χ1n) is 5.64. The lowest BCUT2D eigenvalue weighted by Gasteiger charge is -2.32. The molecule has 104 valence electrons. The molecule has 0 N–H and O–H groups in total. The Balaban J connectivity index is 2.24. The minimum atomic E-state index is -1.19. The van der Waals surface area contributed by atoms with Crippen molar-refractivity contribution in [3.8, 4) is 0 Å². The van der Waals surface area contributed by atoms with Crippen LogP contribution in [-0.4, -0.2) is 41.9 Å². The zero-order valence-corrected chi connectivity index (χ0v) is 11.4. The summed E-state index contributed by atoms with van der Waals surface area (Å²) in [7, 11) is 0. The third-order valence-electron chi connectivity index (χ3n) is 2.82. The number of ether oxygens (including phenoxy) is 1. The molecule has 1 fully saturated rings. The summed E-state index contributed by atoms with van der Waals surface area (Å²) in [6.45, 7) is 0.783. The van der Waals surface area contributed by atoms with E-state index >= 15 is 0 Å². The molecule has 0 saturated carbocycles. The van der Waals surface area contributed by atoms with E-state index in [0.717, 1.165) is 0 Å². The average molecular weight is 338 g/mol. The number of morpholine rings is 1. The maximum absolute atomic E-state index is 13.5. The Labute approximate surface area is 116 Å². The number of carbonyl (C=O) groups is 1. The van der Waals surface area contributed by atoms with Gasteiger partial charge in [-0.25, -0.2) is 13.2 Å². The molecular formula is C12H11BrF3NO2. The first-order valence-corrected chi connectivity index (χ1v) is 6.76. The van der Waals surface area contributed by atoms with Gasteiger partial charge < -0.3 is 9.64 Å². The standard InChI is InChI=1S/C12H11BrF3NO2/c13-5-8-6-17(1-2-19-8)12(18)11-9(15)3-7(14)4-10(11)16/h3-4,8H,1-2,5-6H2. The van der Waals surface area contributed by atoms with Crippen molar-refractivity contribution in [1.29, 1.82) is 0 Å².